The average Bonchev–Trinajstić information content (AvgIpc) is 2.20. The van der Waals surface area contributed by atoms with Crippen LogP contribution in [0.25, 0.3) is 0 Å². The maximum atomic E-state index is 8.77. The molecule has 0 aromatic carbocycles. The second-order valence-electron chi connectivity index (χ2n) is 5.45. The van der Waals surface area contributed by atoms with Gasteiger partial charge in [0, 0.05) is 0 Å². The molecule has 1 N–H and O–H groups in total. The summed E-state index contributed by atoms with van der Waals surface area (Å²) in [5.74, 6) is 0. The van der Waals surface area contributed by atoms with E-state index in [-0.39, 0.29) is 13.2 Å². The van der Waals surface area contributed by atoms with E-state index < -0.39 is 19.5 Å². The molecular formula is C11H18N2O4Si. The number of nitriles is 2. The van der Waals surface area contributed by atoms with Crippen molar-refractivity contribution in [2.45, 2.75) is 30.8 Å². The molecule has 0 aromatic rings. The molecule has 2 aliphatic rings. The Balaban J connectivity index is 0.000000199. The molecule has 2 heterocycles. The largest absolute Gasteiger partial charge is 0.396 e. The monoisotopic (exact) mass is 270 g/mol. The van der Waals surface area contributed by atoms with E-state index in [0.717, 1.165) is 0 Å². The molecule has 2 aliphatic heterocycles. The van der Waals surface area contributed by atoms with Crippen molar-refractivity contribution in [2.24, 2.45) is 0 Å². The Labute approximate surface area is 108 Å². The third kappa shape index (κ3) is 4.05. The van der Waals surface area contributed by atoms with Gasteiger partial charge in [-0.25, -0.2) is 0 Å². The summed E-state index contributed by atoms with van der Waals surface area (Å²) in [5, 5.41) is 25.6. The quantitative estimate of drug-likeness (QED) is 0.576. The average molecular weight is 270 g/mol. The van der Waals surface area contributed by atoms with Crippen LogP contribution in [0.3, 0.4) is 0 Å². The SMILES string of the molecule is C[Si](C)(C)OC1(C#N)COC1.N#CC1(O)COC1. The lowest BCUT2D eigenvalue weighted by Gasteiger charge is -2.39. The first-order valence-electron chi connectivity index (χ1n) is 5.65. The van der Waals surface area contributed by atoms with Crippen LogP contribution < -0.4 is 0 Å². The highest BCUT2D eigenvalue weighted by atomic mass is 28.4. The third-order valence-corrected chi connectivity index (χ3v) is 3.27. The molecule has 0 aromatic heterocycles. The van der Waals surface area contributed by atoms with E-state index in [0.29, 0.717) is 13.2 Å². The van der Waals surface area contributed by atoms with E-state index in [1.54, 1.807) is 6.07 Å². The first-order chi connectivity index (χ1) is 8.24. The van der Waals surface area contributed by atoms with E-state index in [4.69, 9.17) is 24.8 Å². The summed E-state index contributed by atoms with van der Waals surface area (Å²) in [4.78, 5) is 0. The minimum atomic E-state index is -1.59. The number of aliphatic hydroxyl groups is 1. The summed E-state index contributed by atoms with van der Waals surface area (Å²) in [7, 11) is -1.59. The molecule has 0 atom stereocenters. The molecule has 7 heteroatoms. The van der Waals surface area contributed by atoms with Gasteiger partial charge in [0.05, 0.1) is 26.4 Å². The summed E-state index contributed by atoms with van der Waals surface area (Å²) in [6, 6.07) is 3.87. The zero-order valence-electron chi connectivity index (χ0n) is 10.9. The normalized spacial score (nSPS) is 23.2. The molecule has 100 valence electrons. The van der Waals surface area contributed by atoms with Crippen LogP contribution in [0.4, 0.5) is 0 Å². The summed E-state index contributed by atoms with van der Waals surface area (Å²) >= 11 is 0. The van der Waals surface area contributed by atoms with Gasteiger partial charge in [0.25, 0.3) is 0 Å². The maximum Gasteiger partial charge on any atom is 0.197 e. The van der Waals surface area contributed by atoms with Crippen LogP contribution in [0.5, 0.6) is 0 Å². The molecule has 2 saturated heterocycles. The zero-order chi connectivity index (χ0) is 13.9. The zero-order valence-corrected chi connectivity index (χ0v) is 11.9. The smallest absolute Gasteiger partial charge is 0.197 e. The number of rotatable bonds is 2. The molecule has 0 amide bonds. The van der Waals surface area contributed by atoms with Gasteiger partial charge in [-0.3, -0.25) is 0 Å². The summed E-state index contributed by atoms with van der Waals surface area (Å²) in [6.45, 7) is 7.44. The number of hydrogen-bond acceptors (Lipinski definition) is 6. The Hall–Kier alpha value is -0.963. The standard InChI is InChI=1S/C7H13NO2Si.C4H5NO2/c1-11(2,3)10-7(4-8)5-9-6-7;5-1-4(6)2-7-3-4/h5-6H2,1-3H3;6H,2-3H2. The molecule has 2 rings (SSSR count). The van der Waals surface area contributed by atoms with Crippen LogP contribution in [0.1, 0.15) is 0 Å². The highest BCUT2D eigenvalue weighted by Gasteiger charge is 2.43. The van der Waals surface area contributed by atoms with Crippen molar-refractivity contribution in [3.63, 3.8) is 0 Å². The van der Waals surface area contributed by atoms with Crippen LogP contribution >= 0.6 is 0 Å². The van der Waals surface area contributed by atoms with Crippen LogP contribution in [0.15, 0.2) is 0 Å². The van der Waals surface area contributed by atoms with E-state index in [9.17, 15) is 0 Å². The van der Waals surface area contributed by atoms with Gasteiger partial charge in [0.15, 0.2) is 19.5 Å². The molecule has 0 saturated carbocycles. The highest BCUT2D eigenvalue weighted by Crippen LogP contribution is 2.25. The Bertz CT molecular complexity index is 372. The molecule has 0 aliphatic carbocycles. The van der Waals surface area contributed by atoms with Crippen molar-refractivity contribution < 1.29 is 19.0 Å². The van der Waals surface area contributed by atoms with Gasteiger partial charge >= 0.3 is 0 Å². The predicted molar refractivity (Wildman–Crippen MR) is 65.0 cm³/mol. The molecular weight excluding hydrogens is 252 g/mol. The molecule has 18 heavy (non-hydrogen) atoms. The Morgan fingerprint density at radius 3 is 1.61 bits per heavy atom. The fourth-order valence-corrected chi connectivity index (χ4v) is 2.72. The van der Waals surface area contributed by atoms with E-state index in [1.165, 1.54) is 0 Å². The first-order valence-corrected chi connectivity index (χ1v) is 9.06. The van der Waals surface area contributed by atoms with Crippen molar-refractivity contribution >= 4 is 8.32 Å². The van der Waals surface area contributed by atoms with E-state index >= 15 is 0 Å². The Morgan fingerprint density at radius 2 is 1.56 bits per heavy atom. The lowest BCUT2D eigenvalue weighted by atomic mass is 10.1. The first kappa shape index (κ1) is 15.1. The predicted octanol–water partition coefficient (Wildman–Crippen LogP) is 0.402. The summed E-state index contributed by atoms with van der Waals surface area (Å²) in [6.07, 6.45) is 0. The number of nitrogens with zero attached hydrogens (tertiary/aromatic N) is 2. The van der Waals surface area contributed by atoms with Gasteiger partial charge in [-0.05, 0) is 19.6 Å². The van der Waals surface area contributed by atoms with Crippen molar-refractivity contribution in [1.29, 1.82) is 10.5 Å². The molecule has 0 radical (unpaired) electrons. The van der Waals surface area contributed by atoms with Crippen molar-refractivity contribution in [3.05, 3.63) is 0 Å². The minimum absolute atomic E-state index is 0.170. The van der Waals surface area contributed by atoms with Gasteiger partial charge in [-0.1, -0.05) is 0 Å². The van der Waals surface area contributed by atoms with Gasteiger partial charge < -0.3 is 19.0 Å². The molecule has 0 unspecified atom stereocenters. The van der Waals surface area contributed by atoms with Gasteiger partial charge in [0.1, 0.15) is 12.1 Å². The maximum absolute atomic E-state index is 8.77. The van der Waals surface area contributed by atoms with Gasteiger partial charge in [-0.15, -0.1) is 0 Å². The van der Waals surface area contributed by atoms with Crippen LogP contribution in [-0.4, -0.2) is 51.1 Å². The summed E-state index contributed by atoms with van der Waals surface area (Å²) < 4.78 is 15.2. The van der Waals surface area contributed by atoms with Crippen LogP contribution in [0.2, 0.25) is 19.6 Å². The fraction of sp³-hybridized carbons (Fsp3) is 0.818. The Morgan fingerprint density at radius 1 is 1.06 bits per heavy atom. The minimum Gasteiger partial charge on any atom is -0.396 e. The topological polar surface area (TPSA) is 95.5 Å². The molecule has 0 spiro atoms. The number of ether oxygens (including phenoxy) is 2. The van der Waals surface area contributed by atoms with E-state index in [1.807, 2.05) is 0 Å². The van der Waals surface area contributed by atoms with Crippen LogP contribution in [0, 0.1) is 22.7 Å². The van der Waals surface area contributed by atoms with Gasteiger partial charge in [-0.2, -0.15) is 10.5 Å². The Kier molecular flexibility index (Phi) is 4.49. The van der Waals surface area contributed by atoms with Crippen molar-refractivity contribution in [2.75, 3.05) is 26.4 Å². The summed E-state index contributed by atoms with van der Waals surface area (Å²) in [5.41, 5.74) is -1.76. The van der Waals surface area contributed by atoms with Crippen molar-refractivity contribution in [3.8, 4) is 12.1 Å². The fourth-order valence-electron chi connectivity index (χ4n) is 1.38. The lowest BCUT2D eigenvalue weighted by molar-refractivity contribution is -0.142. The van der Waals surface area contributed by atoms with E-state index in [2.05, 4.69) is 30.4 Å². The molecule has 6 nitrogen and oxygen atoms in total. The van der Waals surface area contributed by atoms with Crippen molar-refractivity contribution in [1.82, 2.24) is 0 Å². The lowest BCUT2D eigenvalue weighted by Crippen LogP contribution is -2.55. The molecule has 2 fully saturated rings. The second kappa shape index (κ2) is 5.35. The van der Waals surface area contributed by atoms with Gasteiger partial charge in [0.2, 0.25) is 0 Å². The second-order valence-corrected chi connectivity index (χ2v) is 9.88. The molecule has 0 bridgehead atoms. The number of hydrogen-bond donors (Lipinski definition) is 1. The highest BCUT2D eigenvalue weighted by molar-refractivity contribution is 6.69. The van der Waals surface area contributed by atoms with Crippen LogP contribution in [-0.2, 0) is 13.9 Å². The third-order valence-electron chi connectivity index (χ3n) is 2.27.